The molecule has 0 bridgehead atoms. The minimum Gasteiger partial charge on any atom is -0.383 e. The fourth-order valence-electron chi connectivity index (χ4n) is 5.29. The maximum absolute atomic E-state index is 5.62. The summed E-state index contributed by atoms with van der Waals surface area (Å²) >= 11 is 0. The second kappa shape index (κ2) is 8.69. The van der Waals surface area contributed by atoms with Crippen LogP contribution in [0.4, 0.5) is 0 Å². The van der Waals surface area contributed by atoms with Crippen molar-refractivity contribution in [2.45, 2.75) is 77.5 Å². The third-order valence-corrected chi connectivity index (χ3v) is 7.21. The van der Waals surface area contributed by atoms with E-state index in [2.05, 4.69) is 42.4 Å². The van der Waals surface area contributed by atoms with Crippen LogP contribution in [0.3, 0.4) is 0 Å². The van der Waals surface area contributed by atoms with Crippen molar-refractivity contribution >= 4 is 0 Å². The second-order valence-corrected chi connectivity index (χ2v) is 9.36. The Morgan fingerprint density at radius 3 is 2.12 bits per heavy atom. The molecule has 25 heavy (non-hydrogen) atoms. The van der Waals surface area contributed by atoms with Gasteiger partial charge in [-0.15, -0.1) is 0 Å². The molecule has 2 heterocycles. The molecule has 2 saturated heterocycles. The molecular formula is C21H41N3O. The van der Waals surface area contributed by atoms with Gasteiger partial charge in [-0.1, -0.05) is 13.8 Å². The Bertz CT molecular complexity index is 400. The summed E-state index contributed by atoms with van der Waals surface area (Å²) in [6, 6.07) is 2.86. The van der Waals surface area contributed by atoms with E-state index >= 15 is 0 Å². The summed E-state index contributed by atoms with van der Waals surface area (Å²) in [7, 11) is 1.87. The third-order valence-electron chi connectivity index (χ3n) is 7.21. The standard InChI is InChI=1S/C21H41N3O/c1-16(2)18-6-8-19(9-7-18)24-11-10-22(14-21(24)15-25-5)20-12-23(13-20)17(3)4/h16-21H,6-15H2,1-5H3/t18?,19?,21-/m0/s1. The van der Waals surface area contributed by atoms with Gasteiger partial charge in [0, 0.05) is 64.0 Å². The van der Waals surface area contributed by atoms with E-state index in [0.717, 1.165) is 30.5 Å². The first-order chi connectivity index (χ1) is 12.0. The van der Waals surface area contributed by atoms with Gasteiger partial charge in [0.1, 0.15) is 0 Å². The number of likely N-dealkylation sites (tertiary alicyclic amines) is 1. The van der Waals surface area contributed by atoms with Gasteiger partial charge in [-0.3, -0.25) is 14.7 Å². The Morgan fingerprint density at radius 1 is 0.880 bits per heavy atom. The minimum absolute atomic E-state index is 0.590. The highest BCUT2D eigenvalue weighted by Gasteiger charge is 2.39. The van der Waals surface area contributed by atoms with Crippen LogP contribution in [0.2, 0.25) is 0 Å². The Balaban J connectivity index is 1.52. The summed E-state index contributed by atoms with van der Waals surface area (Å²) in [6.45, 7) is 16.5. The first-order valence-electron chi connectivity index (χ1n) is 10.7. The lowest BCUT2D eigenvalue weighted by molar-refractivity contribution is -0.0594. The van der Waals surface area contributed by atoms with Gasteiger partial charge < -0.3 is 4.74 Å². The minimum atomic E-state index is 0.590. The molecule has 0 N–H and O–H groups in total. The normalized spacial score (nSPS) is 34.0. The lowest BCUT2D eigenvalue weighted by Gasteiger charge is -2.53. The van der Waals surface area contributed by atoms with E-state index in [1.165, 1.54) is 58.4 Å². The zero-order valence-corrected chi connectivity index (χ0v) is 17.3. The Hall–Kier alpha value is -0.160. The van der Waals surface area contributed by atoms with E-state index in [9.17, 15) is 0 Å². The van der Waals surface area contributed by atoms with Crippen LogP contribution in [0.1, 0.15) is 53.4 Å². The molecule has 0 radical (unpaired) electrons. The highest BCUT2D eigenvalue weighted by molar-refractivity contribution is 4.96. The highest BCUT2D eigenvalue weighted by Crippen LogP contribution is 2.34. The van der Waals surface area contributed by atoms with Crippen LogP contribution in [0.25, 0.3) is 0 Å². The smallest absolute Gasteiger partial charge is 0.0630 e. The van der Waals surface area contributed by atoms with Crippen molar-refractivity contribution in [1.29, 1.82) is 0 Å². The molecule has 0 aromatic rings. The first-order valence-corrected chi connectivity index (χ1v) is 10.7. The molecule has 0 aromatic heterocycles. The molecule has 0 aromatic carbocycles. The fourth-order valence-corrected chi connectivity index (χ4v) is 5.29. The van der Waals surface area contributed by atoms with Crippen LogP contribution in [0.5, 0.6) is 0 Å². The number of rotatable bonds is 6. The lowest BCUT2D eigenvalue weighted by atomic mass is 9.79. The van der Waals surface area contributed by atoms with Gasteiger partial charge in [-0.25, -0.2) is 0 Å². The van der Waals surface area contributed by atoms with E-state index in [4.69, 9.17) is 4.74 Å². The predicted octanol–water partition coefficient (Wildman–Crippen LogP) is 2.93. The summed E-state index contributed by atoms with van der Waals surface area (Å²) in [6.07, 6.45) is 5.64. The number of methoxy groups -OCH3 is 1. The third kappa shape index (κ3) is 4.58. The fraction of sp³-hybridized carbons (Fsp3) is 1.00. The van der Waals surface area contributed by atoms with Crippen molar-refractivity contribution in [3.05, 3.63) is 0 Å². The van der Waals surface area contributed by atoms with Gasteiger partial charge in [0.25, 0.3) is 0 Å². The molecule has 146 valence electrons. The molecule has 0 spiro atoms. The quantitative estimate of drug-likeness (QED) is 0.732. The number of piperazine rings is 1. The maximum atomic E-state index is 5.62. The van der Waals surface area contributed by atoms with Gasteiger partial charge in [0.2, 0.25) is 0 Å². The molecular weight excluding hydrogens is 310 g/mol. The Labute approximate surface area is 155 Å². The van der Waals surface area contributed by atoms with Crippen LogP contribution in [-0.2, 0) is 4.74 Å². The topological polar surface area (TPSA) is 19.0 Å². The largest absolute Gasteiger partial charge is 0.383 e. The summed E-state index contributed by atoms with van der Waals surface area (Å²) in [5.41, 5.74) is 0. The molecule has 3 rings (SSSR count). The summed E-state index contributed by atoms with van der Waals surface area (Å²) < 4.78 is 5.62. The van der Waals surface area contributed by atoms with E-state index in [-0.39, 0.29) is 0 Å². The zero-order chi connectivity index (χ0) is 18.0. The molecule has 2 aliphatic heterocycles. The highest BCUT2D eigenvalue weighted by atomic mass is 16.5. The maximum Gasteiger partial charge on any atom is 0.0630 e. The van der Waals surface area contributed by atoms with Crippen LogP contribution >= 0.6 is 0 Å². The van der Waals surface area contributed by atoms with Crippen molar-refractivity contribution in [2.24, 2.45) is 11.8 Å². The van der Waals surface area contributed by atoms with Crippen molar-refractivity contribution in [3.63, 3.8) is 0 Å². The molecule has 0 amide bonds. The first kappa shape index (κ1) is 19.6. The molecule has 3 aliphatic rings. The summed E-state index contributed by atoms with van der Waals surface area (Å²) in [5, 5.41) is 0. The number of nitrogens with zero attached hydrogens (tertiary/aromatic N) is 3. The number of hydrogen-bond acceptors (Lipinski definition) is 4. The number of ether oxygens (including phenoxy) is 1. The van der Waals surface area contributed by atoms with E-state index in [1.54, 1.807) is 0 Å². The molecule has 4 heteroatoms. The van der Waals surface area contributed by atoms with Gasteiger partial charge in [-0.05, 0) is 51.4 Å². The summed E-state index contributed by atoms with van der Waals surface area (Å²) in [5.74, 6) is 1.81. The molecule has 4 nitrogen and oxygen atoms in total. The van der Waals surface area contributed by atoms with Crippen LogP contribution < -0.4 is 0 Å². The molecule has 1 saturated carbocycles. The van der Waals surface area contributed by atoms with Gasteiger partial charge in [0.15, 0.2) is 0 Å². The Morgan fingerprint density at radius 2 is 1.56 bits per heavy atom. The van der Waals surface area contributed by atoms with E-state index in [0.29, 0.717) is 12.1 Å². The van der Waals surface area contributed by atoms with E-state index < -0.39 is 0 Å². The number of hydrogen-bond donors (Lipinski definition) is 0. The van der Waals surface area contributed by atoms with Crippen molar-refractivity contribution in [2.75, 3.05) is 46.4 Å². The van der Waals surface area contributed by atoms with Gasteiger partial charge >= 0.3 is 0 Å². The average Bonchev–Trinajstić information content (AvgIpc) is 2.54. The van der Waals surface area contributed by atoms with E-state index in [1.807, 2.05) is 7.11 Å². The lowest BCUT2D eigenvalue weighted by Crippen LogP contribution is -2.67. The zero-order valence-electron chi connectivity index (χ0n) is 17.3. The molecule has 1 aliphatic carbocycles. The average molecular weight is 352 g/mol. The Kier molecular flexibility index (Phi) is 6.81. The predicted molar refractivity (Wildman–Crippen MR) is 105 cm³/mol. The summed E-state index contributed by atoms with van der Waals surface area (Å²) in [4.78, 5) is 8.16. The molecule has 0 unspecified atom stereocenters. The van der Waals surface area contributed by atoms with Crippen molar-refractivity contribution in [3.8, 4) is 0 Å². The van der Waals surface area contributed by atoms with Crippen LogP contribution in [0, 0.1) is 11.8 Å². The molecule has 1 atom stereocenters. The second-order valence-electron chi connectivity index (χ2n) is 9.36. The van der Waals surface area contributed by atoms with Crippen molar-refractivity contribution in [1.82, 2.24) is 14.7 Å². The monoisotopic (exact) mass is 351 g/mol. The molecule has 3 fully saturated rings. The SMILES string of the molecule is COC[C@@H]1CN(C2CN(C(C)C)C2)CCN1C1CCC(C(C)C)CC1. The van der Waals surface area contributed by atoms with Crippen LogP contribution in [0.15, 0.2) is 0 Å². The van der Waals surface area contributed by atoms with Crippen molar-refractivity contribution < 1.29 is 4.74 Å². The van der Waals surface area contributed by atoms with Crippen LogP contribution in [-0.4, -0.2) is 85.3 Å². The van der Waals surface area contributed by atoms with Gasteiger partial charge in [-0.2, -0.15) is 0 Å². The van der Waals surface area contributed by atoms with Gasteiger partial charge in [0.05, 0.1) is 6.61 Å².